The van der Waals surface area contributed by atoms with Crippen molar-refractivity contribution < 1.29 is 4.79 Å². The van der Waals surface area contributed by atoms with Crippen molar-refractivity contribution in [3.63, 3.8) is 0 Å². The van der Waals surface area contributed by atoms with Gasteiger partial charge in [-0.1, -0.05) is 36.4 Å². The van der Waals surface area contributed by atoms with Crippen molar-refractivity contribution in [3.05, 3.63) is 70.8 Å². The van der Waals surface area contributed by atoms with E-state index < -0.39 is 0 Å². The Labute approximate surface area is 209 Å². The lowest BCUT2D eigenvalue weighted by Crippen LogP contribution is -2.36. The van der Waals surface area contributed by atoms with Gasteiger partial charge in [0.05, 0.1) is 6.54 Å². The molecule has 0 spiro atoms. The minimum absolute atomic E-state index is 0. The van der Waals surface area contributed by atoms with E-state index >= 15 is 0 Å². The molecule has 1 aliphatic heterocycles. The Morgan fingerprint density at radius 3 is 2.12 bits per heavy atom. The molecule has 0 bridgehead atoms. The van der Waals surface area contributed by atoms with Gasteiger partial charge in [0.25, 0.3) is 5.91 Å². The van der Waals surface area contributed by atoms with Crippen LogP contribution < -0.4 is 10.6 Å². The highest BCUT2D eigenvalue weighted by Crippen LogP contribution is 2.13. The Bertz CT molecular complexity index is 859. The first-order valence-corrected chi connectivity index (χ1v) is 11.2. The van der Waals surface area contributed by atoms with Gasteiger partial charge in [0, 0.05) is 39.3 Å². The molecular weight excluding hydrogens is 513 g/mol. The molecule has 0 aliphatic carbocycles. The third kappa shape index (κ3) is 8.09. The zero-order chi connectivity index (χ0) is 22.1. The molecule has 7 heteroatoms. The van der Waals surface area contributed by atoms with Gasteiger partial charge in [-0.25, -0.2) is 4.99 Å². The molecule has 0 saturated carbocycles. The van der Waals surface area contributed by atoms with E-state index in [0.717, 1.165) is 31.2 Å². The average molecular weight is 550 g/mol. The molecule has 1 fully saturated rings. The predicted molar refractivity (Wildman–Crippen MR) is 142 cm³/mol. The molecule has 3 rings (SSSR count). The van der Waals surface area contributed by atoms with E-state index in [9.17, 15) is 4.79 Å². The molecule has 1 aliphatic rings. The lowest BCUT2D eigenvalue weighted by Gasteiger charge is -2.15. The van der Waals surface area contributed by atoms with Crippen LogP contribution in [0.25, 0.3) is 0 Å². The van der Waals surface area contributed by atoms with Crippen LogP contribution in [0.5, 0.6) is 0 Å². The highest BCUT2D eigenvalue weighted by Gasteiger charge is 2.11. The van der Waals surface area contributed by atoms with Gasteiger partial charge in [0.15, 0.2) is 5.96 Å². The normalized spacial score (nSPS) is 14.0. The monoisotopic (exact) mass is 549 g/mol. The molecule has 0 atom stereocenters. The number of carbonyl (C=O) groups excluding carboxylic acids is 1. The van der Waals surface area contributed by atoms with E-state index in [2.05, 4.69) is 51.7 Å². The third-order valence-corrected chi connectivity index (χ3v) is 5.46. The van der Waals surface area contributed by atoms with Crippen LogP contribution in [0, 0.1) is 0 Å². The standard InChI is InChI=1S/C25H35N5O.HI/c1-4-26-25(28-18-21-11-13-23(14-12-21)24(31)29(2)3)27-17-20-7-9-22(10-8-20)19-30-15-5-6-16-30;/h7-14H,4-6,15-19H2,1-3H3,(H2,26,27,28);1H. The summed E-state index contributed by atoms with van der Waals surface area (Å²) in [5, 5.41) is 6.71. The van der Waals surface area contributed by atoms with Crippen LogP contribution in [0.1, 0.15) is 46.8 Å². The number of hydrogen-bond acceptors (Lipinski definition) is 3. The molecule has 1 saturated heterocycles. The molecule has 0 unspecified atom stereocenters. The average Bonchev–Trinajstić information content (AvgIpc) is 3.29. The fraction of sp³-hybridized carbons (Fsp3) is 0.440. The van der Waals surface area contributed by atoms with E-state index in [1.165, 1.54) is 37.1 Å². The second kappa shape index (κ2) is 13.4. The van der Waals surface area contributed by atoms with Gasteiger partial charge in [-0.15, -0.1) is 24.0 Å². The minimum Gasteiger partial charge on any atom is -0.357 e. The molecule has 1 heterocycles. The van der Waals surface area contributed by atoms with Crippen molar-refractivity contribution >= 4 is 35.8 Å². The third-order valence-electron chi connectivity index (χ3n) is 5.46. The highest BCUT2D eigenvalue weighted by atomic mass is 127. The molecular formula is C25H36IN5O. The van der Waals surface area contributed by atoms with Crippen molar-refractivity contribution in [3.8, 4) is 0 Å². The first kappa shape index (κ1) is 26.1. The fourth-order valence-electron chi connectivity index (χ4n) is 3.67. The second-order valence-electron chi connectivity index (χ2n) is 8.24. The molecule has 0 radical (unpaired) electrons. The molecule has 6 nitrogen and oxygen atoms in total. The summed E-state index contributed by atoms with van der Waals surface area (Å²) in [6.45, 7) is 7.65. The largest absolute Gasteiger partial charge is 0.357 e. The van der Waals surface area contributed by atoms with Crippen LogP contribution in [0.4, 0.5) is 0 Å². The number of likely N-dealkylation sites (tertiary alicyclic amines) is 1. The van der Waals surface area contributed by atoms with Crippen molar-refractivity contribution in [1.29, 1.82) is 0 Å². The van der Waals surface area contributed by atoms with Crippen LogP contribution in [0.15, 0.2) is 53.5 Å². The molecule has 2 aromatic rings. The number of aliphatic imine (C=N–C) groups is 1. The number of benzene rings is 2. The Kier molecular flexibility index (Phi) is 11.0. The van der Waals surface area contributed by atoms with E-state index in [0.29, 0.717) is 12.1 Å². The summed E-state index contributed by atoms with van der Waals surface area (Å²) in [7, 11) is 3.52. The highest BCUT2D eigenvalue weighted by molar-refractivity contribution is 14.0. The van der Waals surface area contributed by atoms with Crippen molar-refractivity contribution in [2.75, 3.05) is 33.7 Å². The predicted octanol–water partition coefficient (Wildman–Crippen LogP) is 3.86. The van der Waals surface area contributed by atoms with Gasteiger partial charge >= 0.3 is 0 Å². The Morgan fingerprint density at radius 2 is 1.53 bits per heavy atom. The number of nitrogens with one attached hydrogen (secondary N) is 2. The minimum atomic E-state index is 0. The Morgan fingerprint density at radius 1 is 0.938 bits per heavy atom. The summed E-state index contributed by atoms with van der Waals surface area (Å²) in [6, 6.07) is 16.5. The molecule has 0 aromatic heterocycles. The van der Waals surface area contributed by atoms with Gasteiger partial charge in [-0.05, 0) is 61.7 Å². The van der Waals surface area contributed by atoms with Crippen molar-refractivity contribution in [2.45, 2.75) is 39.4 Å². The summed E-state index contributed by atoms with van der Waals surface area (Å²) < 4.78 is 0. The smallest absolute Gasteiger partial charge is 0.253 e. The summed E-state index contributed by atoms with van der Waals surface area (Å²) in [4.78, 5) is 20.8. The van der Waals surface area contributed by atoms with Gasteiger partial charge < -0.3 is 15.5 Å². The van der Waals surface area contributed by atoms with Crippen LogP contribution in [0.2, 0.25) is 0 Å². The number of hydrogen-bond donors (Lipinski definition) is 2. The van der Waals surface area contributed by atoms with Crippen LogP contribution in [0.3, 0.4) is 0 Å². The van der Waals surface area contributed by atoms with Crippen molar-refractivity contribution in [1.82, 2.24) is 20.4 Å². The quantitative estimate of drug-likeness (QED) is 0.299. The van der Waals surface area contributed by atoms with Gasteiger partial charge in [-0.2, -0.15) is 0 Å². The molecule has 32 heavy (non-hydrogen) atoms. The summed E-state index contributed by atoms with van der Waals surface area (Å²) in [6.07, 6.45) is 2.65. The lowest BCUT2D eigenvalue weighted by molar-refractivity contribution is 0.0827. The van der Waals surface area contributed by atoms with Crippen LogP contribution in [-0.2, 0) is 19.6 Å². The Balaban J connectivity index is 0.00000363. The number of amides is 1. The summed E-state index contributed by atoms with van der Waals surface area (Å²) in [5.41, 5.74) is 4.37. The SMILES string of the molecule is CCNC(=NCc1ccc(C(=O)N(C)C)cc1)NCc1ccc(CN2CCCC2)cc1.I. The molecule has 2 aromatic carbocycles. The van der Waals surface area contributed by atoms with E-state index in [-0.39, 0.29) is 29.9 Å². The van der Waals surface area contributed by atoms with E-state index in [4.69, 9.17) is 0 Å². The maximum atomic E-state index is 12.0. The Hall–Kier alpha value is -2.13. The lowest BCUT2D eigenvalue weighted by atomic mass is 10.1. The first-order chi connectivity index (χ1) is 15.0. The number of rotatable bonds is 8. The van der Waals surface area contributed by atoms with Crippen LogP contribution >= 0.6 is 24.0 Å². The number of guanidine groups is 1. The maximum Gasteiger partial charge on any atom is 0.253 e. The van der Waals surface area contributed by atoms with E-state index in [1.54, 1.807) is 19.0 Å². The zero-order valence-electron chi connectivity index (χ0n) is 19.4. The molecule has 2 N–H and O–H groups in total. The fourth-order valence-corrected chi connectivity index (χ4v) is 3.67. The van der Waals surface area contributed by atoms with Gasteiger partial charge in [-0.3, -0.25) is 9.69 Å². The molecule has 1 amide bonds. The second-order valence-corrected chi connectivity index (χ2v) is 8.24. The van der Waals surface area contributed by atoms with Gasteiger partial charge in [0.2, 0.25) is 0 Å². The summed E-state index contributed by atoms with van der Waals surface area (Å²) >= 11 is 0. The molecule has 174 valence electrons. The first-order valence-electron chi connectivity index (χ1n) is 11.2. The van der Waals surface area contributed by atoms with Crippen molar-refractivity contribution in [2.24, 2.45) is 4.99 Å². The number of carbonyl (C=O) groups is 1. The van der Waals surface area contributed by atoms with Gasteiger partial charge in [0.1, 0.15) is 0 Å². The topological polar surface area (TPSA) is 60.0 Å². The summed E-state index contributed by atoms with van der Waals surface area (Å²) in [5.74, 6) is 0.800. The maximum absolute atomic E-state index is 12.0. The zero-order valence-corrected chi connectivity index (χ0v) is 21.8. The van der Waals surface area contributed by atoms with Crippen LogP contribution in [-0.4, -0.2) is 55.4 Å². The van der Waals surface area contributed by atoms with E-state index in [1.807, 2.05) is 24.3 Å². The number of nitrogens with zero attached hydrogens (tertiary/aromatic N) is 3. The number of halogens is 1.